The SMILES string of the molecule is CC/C=C\C/C=C\C/C=C\C/C=C\C/C=C\CCCCCCCCCCCCCCCCCCCCCCCCCCCC(=O)OC(COC(=O)CCCCCCCCCCCCCCCCCC/C=C\C/C=C\C/C=C\CCCCCCC)COC(OCC[N+](C)(C)C)C(=O)O. The number of unbranched alkanes of at least 4 members (excludes halogenated alkanes) is 46. The molecular formula is C88H158NO8+. The number of allylic oxidation sites excluding steroid dienone is 16. The number of nitrogens with zero attached hydrogens (tertiary/aromatic N) is 1. The Morgan fingerprint density at radius 1 is 0.320 bits per heavy atom. The Balaban J connectivity index is 3.96. The zero-order valence-electron chi connectivity index (χ0n) is 64.5. The molecule has 0 rings (SSSR count). The fourth-order valence-electron chi connectivity index (χ4n) is 12.1. The molecule has 1 N–H and O–H groups in total. The Morgan fingerprint density at radius 3 is 0.876 bits per heavy atom. The van der Waals surface area contributed by atoms with Gasteiger partial charge in [0.25, 0.3) is 6.29 Å². The predicted molar refractivity (Wildman–Crippen MR) is 419 cm³/mol. The van der Waals surface area contributed by atoms with Gasteiger partial charge < -0.3 is 28.5 Å². The van der Waals surface area contributed by atoms with Gasteiger partial charge in [0.2, 0.25) is 0 Å². The zero-order chi connectivity index (χ0) is 70.4. The molecule has 0 saturated heterocycles. The van der Waals surface area contributed by atoms with E-state index in [0.717, 1.165) is 83.5 Å². The van der Waals surface area contributed by atoms with E-state index >= 15 is 0 Å². The van der Waals surface area contributed by atoms with Crippen LogP contribution in [0.15, 0.2) is 97.2 Å². The monoisotopic (exact) mass is 1360 g/mol. The number of hydrogen-bond acceptors (Lipinski definition) is 7. The fraction of sp³-hybridized carbons (Fsp3) is 0.784. The highest BCUT2D eigenvalue weighted by molar-refractivity contribution is 5.71. The second kappa shape index (κ2) is 77.9. The molecule has 0 aromatic rings. The van der Waals surface area contributed by atoms with Gasteiger partial charge in [0.1, 0.15) is 13.2 Å². The summed E-state index contributed by atoms with van der Waals surface area (Å²) in [6, 6.07) is 0. The molecular weight excluding hydrogens is 1200 g/mol. The summed E-state index contributed by atoms with van der Waals surface area (Å²) in [6.07, 6.45) is 106. The molecule has 562 valence electrons. The maximum atomic E-state index is 13.0. The molecule has 0 fully saturated rings. The van der Waals surface area contributed by atoms with E-state index in [1.165, 1.54) is 276 Å². The Bertz CT molecular complexity index is 1920. The molecule has 0 bridgehead atoms. The van der Waals surface area contributed by atoms with Crippen molar-refractivity contribution in [3.8, 4) is 0 Å². The first-order valence-electron chi connectivity index (χ1n) is 41.4. The highest BCUT2D eigenvalue weighted by Gasteiger charge is 2.25. The number of quaternary nitrogens is 1. The van der Waals surface area contributed by atoms with Crippen molar-refractivity contribution < 1.29 is 42.9 Å². The van der Waals surface area contributed by atoms with Crippen molar-refractivity contribution in [1.82, 2.24) is 0 Å². The number of carboxylic acids is 1. The van der Waals surface area contributed by atoms with Crippen molar-refractivity contribution in [2.24, 2.45) is 0 Å². The smallest absolute Gasteiger partial charge is 0.361 e. The van der Waals surface area contributed by atoms with Gasteiger partial charge in [0.05, 0.1) is 34.4 Å². The second-order valence-corrected chi connectivity index (χ2v) is 29.1. The third kappa shape index (κ3) is 79.4. The Kier molecular flexibility index (Phi) is 74.9. The summed E-state index contributed by atoms with van der Waals surface area (Å²) in [5.74, 6) is -1.98. The van der Waals surface area contributed by atoms with Gasteiger partial charge in [-0.1, -0.05) is 374 Å². The van der Waals surface area contributed by atoms with Crippen LogP contribution < -0.4 is 0 Å². The van der Waals surface area contributed by atoms with Crippen LogP contribution in [-0.2, 0) is 33.3 Å². The van der Waals surface area contributed by atoms with Crippen molar-refractivity contribution in [2.75, 3.05) is 47.5 Å². The molecule has 0 heterocycles. The average Bonchev–Trinajstić information content (AvgIpc) is 3.27. The van der Waals surface area contributed by atoms with Crippen molar-refractivity contribution in [1.29, 1.82) is 0 Å². The van der Waals surface area contributed by atoms with Gasteiger partial charge in [-0.25, -0.2) is 4.79 Å². The quantitative estimate of drug-likeness (QED) is 0.0211. The largest absolute Gasteiger partial charge is 0.477 e. The van der Waals surface area contributed by atoms with E-state index in [-0.39, 0.29) is 38.2 Å². The molecule has 0 amide bonds. The molecule has 0 spiro atoms. The van der Waals surface area contributed by atoms with Gasteiger partial charge in [-0.05, 0) is 96.3 Å². The van der Waals surface area contributed by atoms with Gasteiger partial charge in [-0.2, -0.15) is 0 Å². The predicted octanol–water partition coefficient (Wildman–Crippen LogP) is 26.7. The van der Waals surface area contributed by atoms with Crippen molar-refractivity contribution >= 4 is 17.9 Å². The molecule has 9 nitrogen and oxygen atoms in total. The molecule has 0 radical (unpaired) electrons. The molecule has 97 heavy (non-hydrogen) atoms. The highest BCUT2D eigenvalue weighted by Crippen LogP contribution is 2.19. The number of carboxylic acid groups (broad SMARTS) is 1. The van der Waals surface area contributed by atoms with Crippen LogP contribution in [0.4, 0.5) is 0 Å². The maximum absolute atomic E-state index is 13.0. The van der Waals surface area contributed by atoms with E-state index in [1.807, 2.05) is 21.1 Å². The van der Waals surface area contributed by atoms with Crippen molar-refractivity contribution in [3.05, 3.63) is 97.2 Å². The summed E-state index contributed by atoms with van der Waals surface area (Å²) in [5.41, 5.74) is 0. The Morgan fingerprint density at radius 2 is 0.588 bits per heavy atom. The number of hydrogen-bond donors (Lipinski definition) is 1. The second-order valence-electron chi connectivity index (χ2n) is 29.1. The lowest BCUT2D eigenvalue weighted by Gasteiger charge is -2.25. The van der Waals surface area contributed by atoms with Crippen LogP contribution >= 0.6 is 0 Å². The topological polar surface area (TPSA) is 108 Å². The van der Waals surface area contributed by atoms with Crippen molar-refractivity contribution in [3.63, 3.8) is 0 Å². The number of aliphatic carboxylic acids is 1. The maximum Gasteiger partial charge on any atom is 0.361 e. The zero-order valence-corrected chi connectivity index (χ0v) is 64.5. The van der Waals surface area contributed by atoms with Crippen LogP contribution in [-0.4, -0.2) is 87.4 Å². The summed E-state index contributed by atoms with van der Waals surface area (Å²) in [6.45, 7) is 4.81. The standard InChI is InChI=1S/C88H157NO8/c1-6-8-10-12-14-16-18-20-22-24-26-28-30-32-34-36-38-39-40-41-42-43-44-45-46-47-49-51-53-55-57-59-61-63-65-67-69-71-73-75-77-79-86(91)97-84(83-96-88(87(92)93)94-81-80-89(3,4)5)82-95-85(90)78-76-74-72-70-68-66-64-62-60-58-56-54-52-50-48-37-35-33-31-29-27-25-23-21-19-17-15-13-11-9-7-2/h8,10,14,16,19-22,25-28,31-34,84,88H,6-7,9,11-13,15,17-18,23-24,29-30,35-83H2,1-5H3/p+1/b10-8-,16-14-,21-19-,22-20-,27-25-,28-26-,33-31-,34-32-. The summed E-state index contributed by atoms with van der Waals surface area (Å²) in [4.78, 5) is 37.8. The molecule has 2 unspecified atom stereocenters. The summed E-state index contributed by atoms with van der Waals surface area (Å²) in [5, 5.41) is 9.78. The number of carbonyl (C=O) groups is 3. The van der Waals surface area contributed by atoms with Crippen LogP contribution in [0.3, 0.4) is 0 Å². The van der Waals surface area contributed by atoms with E-state index in [9.17, 15) is 19.5 Å². The van der Waals surface area contributed by atoms with Crippen molar-refractivity contribution in [2.45, 2.75) is 399 Å². The van der Waals surface area contributed by atoms with Crippen LogP contribution in [0.2, 0.25) is 0 Å². The van der Waals surface area contributed by atoms with Gasteiger partial charge >= 0.3 is 17.9 Å². The first kappa shape index (κ1) is 93.2. The number of esters is 2. The van der Waals surface area contributed by atoms with Crippen LogP contribution in [0.5, 0.6) is 0 Å². The summed E-state index contributed by atoms with van der Waals surface area (Å²) < 4.78 is 23.1. The van der Waals surface area contributed by atoms with Gasteiger partial charge in [0, 0.05) is 12.8 Å². The third-order valence-corrected chi connectivity index (χ3v) is 18.3. The van der Waals surface area contributed by atoms with E-state index in [2.05, 4.69) is 111 Å². The fourth-order valence-corrected chi connectivity index (χ4v) is 12.1. The minimum Gasteiger partial charge on any atom is -0.477 e. The molecule has 0 aromatic heterocycles. The van der Waals surface area contributed by atoms with Crippen LogP contribution in [0, 0.1) is 0 Å². The average molecular weight is 1360 g/mol. The lowest BCUT2D eigenvalue weighted by atomic mass is 10.0. The van der Waals surface area contributed by atoms with Gasteiger partial charge in [0.15, 0.2) is 6.10 Å². The molecule has 0 aliphatic carbocycles. The molecule has 0 aliphatic heterocycles. The number of ether oxygens (including phenoxy) is 4. The minimum absolute atomic E-state index is 0.180. The Labute approximate surface area is 601 Å². The Hall–Kier alpha value is -3.79. The van der Waals surface area contributed by atoms with Crippen LogP contribution in [0.25, 0.3) is 0 Å². The van der Waals surface area contributed by atoms with Crippen LogP contribution in [0.1, 0.15) is 386 Å². The minimum atomic E-state index is -1.51. The van der Waals surface area contributed by atoms with Gasteiger partial charge in [-0.3, -0.25) is 9.59 Å². The summed E-state index contributed by atoms with van der Waals surface area (Å²) in [7, 11) is 5.99. The molecule has 0 aliphatic rings. The van der Waals surface area contributed by atoms with E-state index in [4.69, 9.17) is 18.9 Å². The highest BCUT2D eigenvalue weighted by atomic mass is 16.7. The first-order valence-corrected chi connectivity index (χ1v) is 41.4. The lowest BCUT2D eigenvalue weighted by Crippen LogP contribution is -2.40. The third-order valence-electron chi connectivity index (χ3n) is 18.3. The number of rotatable bonds is 77. The lowest BCUT2D eigenvalue weighted by molar-refractivity contribution is -0.870. The van der Waals surface area contributed by atoms with E-state index in [0.29, 0.717) is 17.4 Å². The van der Waals surface area contributed by atoms with E-state index < -0.39 is 18.4 Å². The molecule has 0 saturated carbocycles. The normalized spacial score (nSPS) is 13.1. The first-order chi connectivity index (χ1) is 47.6. The number of carbonyl (C=O) groups excluding carboxylic acids is 2. The number of likely N-dealkylation sites (N-methyl/N-ethyl adjacent to an activating group) is 1. The molecule has 0 aromatic carbocycles. The van der Waals surface area contributed by atoms with E-state index in [1.54, 1.807) is 0 Å². The van der Waals surface area contributed by atoms with Gasteiger partial charge in [-0.15, -0.1) is 0 Å². The summed E-state index contributed by atoms with van der Waals surface area (Å²) >= 11 is 0. The molecule has 2 atom stereocenters. The molecule has 9 heteroatoms.